The van der Waals surface area contributed by atoms with Gasteiger partial charge in [0.25, 0.3) is 0 Å². The zero-order valence-corrected chi connectivity index (χ0v) is 15.4. The summed E-state index contributed by atoms with van der Waals surface area (Å²) in [5.41, 5.74) is 0.923. The van der Waals surface area contributed by atoms with Crippen molar-refractivity contribution in [2.75, 3.05) is 33.1 Å². The number of carbonyl (C=O) groups is 1. The van der Waals surface area contributed by atoms with E-state index in [9.17, 15) is 4.79 Å². The molecule has 7 nitrogen and oxygen atoms in total. The predicted molar refractivity (Wildman–Crippen MR) is 96.5 cm³/mol. The van der Waals surface area contributed by atoms with Crippen LogP contribution in [0.1, 0.15) is 16.9 Å². The van der Waals surface area contributed by atoms with E-state index in [-0.39, 0.29) is 18.1 Å². The molecule has 0 aliphatic carbocycles. The fraction of sp³-hybridized carbons (Fsp3) is 0.400. The molecule has 0 radical (unpaired) electrons. The zero-order chi connectivity index (χ0) is 16.8. The standard InChI is InChI=1S/C15H20ClN5O2.ClH/c1-20(2)9-4-10-21-18-13(15(22)23-3)14(19-21)17-12-7-5-11(16)6-8-12;/h5-8H,4,9-10H2,1-3H3,(H,17,19);1H. The summed E-state index contributed by atoms with van der Waals surface area (Å²) in [7, 11) is 5.33. The second-order valence-corrected chi connectivity index (χ2v) is 5.71. The number of hydrogen-bond donors (Lipinski definition) is 1. The fourth-order valence-electron chi connectivity index (χ4n) is 1.96. The number of ether oxygens (including phenoxy) is 1. The summed E-state index contributed by atoms with van der Waals surface area (Å²) in [5.74, 6) is -0.163. The summed E-state index contributed by atoms with van der Waals surface area (Å²) in [6.45, 7) is 1.53. The maximum atomic E-state index is 11.9. The Labute approximate surface area is 152 Å². The lowest BCUT2D eigenvalue weighted by atomic mass is 10.3. The Hall–Kier alpha value is -1.83. The van der Waals surface area contributed by atoms with Gasteiger partial charge in [0, 0.05) is 10.7 Å². The van der Waals surface area contributed by atoms with Crippen molar-refractivity contribution in [3.05, 3.63) is 35.0 Å². The topological polar surface area (TPSA) is 72.3 Å². The minimum absolute atomic E-state index is 0. The average Bonchev–Trinajstić information content (AvgIpc) is 2.91. The maximum absolute atomic E-state index is 11.9. The Bertz CT molecular complexity index is 658. The number of nitrogens with one attached hydrogen (secondary N) is 1. The first-order valence-corrected chi connectivity index (χ1v) is 7.58. The molecule has 0 aliphatic heterocycles. The molecule has 0 bridgehead atoms. The number of nitrogens with zero attached hydrogens (tertiary/aromatic N) is 4. The van der Waals surface area contributed by atoms with Crippen molar-refractivity contribution in [1.29, 1.82) is 0 Å². The van der Waals surface area contributed by atoms with Crippen LogP contribution in [0.3, 0.4) is 0 Å². The van der Waals surface area contributed by atoms with Crippen molar-refractivity contribution >= 4 is 41.5 Å². The Morgan fingerprint density at radius 3 is 2.54 bits per heavy atom. The molecular weight excluding hydrogens is 353 g/mol. The molecule has 0 amide bonds. The number of halogens is 2. The molecule has 0 atom stereocenters. The summed E-state index contributed by atoms with van der Waals surface area (Å²) < 4.78 is 4.77. The second-order valence-electron chi connectivity index (χ2n) is 5.27. The van der Waals surface area contributed by atoms with Gasteiger partial charge in [0.05, 0.1) is 13.7 Å². The van der Waals surface area contributed by atoms with E-state index >= 15 is 0 Å². The smallest absolute Gasteiger partial charge is 0.362 e. The van der Waals surface area contributed by atoms with Crippen molar-refractivity contribution < 1.29 is 9.53 Å². The highest BCUT2D eigenvalue weighted by Gasteiger charge is 2.19. The van der Waals surface area contributed by atoms with E-state index in [1.54, 1.807) is 24.3 Å². The number of anilines is 2. The van der Waals surface area contributed by atoms with Gasteiger partial charge in [-0.15, -0.1) is 22.6 Å². The molecule has 0 fully saturated rings. The largest absolute Gasteiger partial charge is 0.464 e. The first-order valence-electron chi connectivity index (χ1n) is 7.20. The molecule has 2 rings (SSSR count). The van der Waals surface area contributed by atoms with Gasteiger partial charge in [0.15, 0.2) is 5.82 Å². The van der Waals surface area contributed by atoms with E-state index in [1.807, 2.05) is 14.1 Å². The molecule has 1 N–H and O–H groups in total. The molecule has 0 aliphatic rings. The number of esters is 1. The molecular formula is C15H21Cl2N5O2. The lowest BCUT2D eigenvalue weighted by Crippen LogP contribution is -2.16. The molecule has 9 heteroatoms. The van der Waals surface area contributed by atoms with Crippen LogP contribution in [0.5, 0.6) is 0 Å². The quantitative estimate of drug-likeness (QED) is 0.752. The minimum Gasteiger partial charge on any atom is -0.464 e. The third-order valence-corrected chi connectivity index (χ3v) is 3.36. The monoisotopic (exact) mass is 373 g/mol. The van der Waals surface area contributed by atoms with Crippen molar-refractivity contribution in [1.82, 2.24) is 19.9 Å². The highest BCUT2D eigenvalue weighted by Crippen LogP contribution is 2.20. The zero-order valence-electron chi connectivity index (χ0n) is 13.8. The highest BCUT2D eigenvalue weighted by atomic mass is 35.5. The van der Waals surface area contributed by atoms with Crippen LogP contribution < -0.4 is 5.32 Å². The highest BCUT2D eigenvalue weighted by molar-refractivity contribution is 6.30. The Kier molecular flexibility index (Phi) is 7.97. The van der Waals surface area contributed by atoms with Crippen LogP contribution in [0.4, 0.5) is 11.5 Å². The van der Waals surface area contributed by atoms with Gasteiger partial charge >= 0.3 is 5.97 Å². The van der Waals surface area contributed by atoms with E-state index in [1.165, 1.54) is 11.9 Å². The summed E-state index contributed by atoms with van der Waals surface area (Å²) in [5, 5.41) is 12.3. The normalized spacial score (nSPS) is 10.4. The van der Waals surface area contributed by atoms with Gasteiger partial charge in [0.2, 0.25) is 5.69 Å². The molecule has 1 aromatic carbocycles. The lowest BCUT2D eigenvalue weighted by molar-refractivity contribution is 0.0594. The van der Waals surface area contributed by atoms with Crippen molar-refractivity contribution in [2.45, 2.75) is 13.0 Å². The van der Waals surface area contributed by atoms with Gasteiger partial charge in [-0.1, -0.05) is 11.6 Å². The first kappa shape index (κ1) is 20.2. The van der Waals surface area contributed by atoms with Crippen LogP contribution in [0, 0.1) is 0 Å². The molecule has 132 valence electrons. The molecule has 2 aromatic rings. The van der Waals surface area contributed by atoms with E-state index in [4.69, 9.17) is 16.3 Å². The van der Waals surface area contributed by atoms with Crippen LogP contribution in [0.2, 0.25) is 5.02 Å². The van der Waals surface area contributed by atoms with Crippen LogP contribution in [-0.4, -0.2) is 53.6 Å². The fourth-order valence-corrected chi connectivity index (χ4v) is 2.09. The molecule has 1 heterocycles. The van der Waals surface area contributed by atoms with E-state index in [0.717, 1.165) is 18.7 Å². The number of aryl methyl sites for hydroxylation is 1. The molecule has 0 saturated heterocycles. The van der Waals surface area contributed by atoms with Gasteiger partial charge in [-0.25, -0.2) is 4.79 Å². The lowest BCUT2D eigenvalue weighted by Gasteiger charge is -2.07. The molecule has 0 unspecified atom stereocenters. The van der Waals surface area contributed by atoms with Crippen LogP contribution in [0.25, 0.3) is 0 Å². The Morgan fingerprint density at radius 1 is 1.29 bits per heavy atom. The molecule has 0 spiro atoms. The van der Waals surface area contributed by atoms with E-state index in [0.29, 0.717) is 17.4 Å². The van der Waals surface area contributed by atoms with Crippen LogP contribution >= 0.6 is 24.0 Å². The summed E-state index contributed by atoms with van der Waals surface area (Å²) in [4.78, 5) is 15.5. The third-order valence-electron chi connectivity index (χ3n) is 3.10. The first-order chi connectivity index (χ1) is 11.0. The Morgan fingerprint density at radius 2 is 1.96 bits per heavy atom. The summed E-state index contributed by atoms with van der Waals surface area (Å²) in [6.07, 6.45) is 0.878. The minimum atomic E-state index is -0.527. The molecule has 0 saturated carbocycles. The summed E-state index contributed by atoms with van der Waals surface area (Å²) >= 11 is 5.87. The molecule has 24 heavy (non-hydrogen) atoms. The van der Waals surface area contributed by atoms with Gasteiger partial charge in [0.1, 0.15) is 0 Å². The summed E-state index contributed by atoms with van der Waals surface area (Å²) in [6, 6.07) is 7.11. The van der Waals surface area contributed by atoms with Crippen molar-refractivity contribution in [3.63, 3.8) is 0 Å². The number of hydrogen-bond acceptors (Lipinski definition) is 6. The van der Waals surface area contributed by atoms with Crippen molar-refractivity contribution in [3.8, 4) is 0 Å². The number of methoxy groups -OCH3 is 1. The van der Waals surface area contributed by atoms with Gasteiger partial charge in [-0.05, 0) is 51.3 Å². The number of aromatic nitrogens is 3. The van der Waals surface area contributed by atoms with E-state index < -0.39 is 5.97 Å². The third kappa shape index (κ3) is 5.67. The Balaban J connectivity index is 0.00000288. The van der Waals surface area contributed by atoms with Crippen molar-refractivity contribution in [2.24, 2.45) is 0 Å². The predicted octanol–water partition coefficient (Wildman–Crippen LogP) is 2.84. The average molecular weight is 374 g/mol. The van der Waals surface area contributed by atoms with E-state index in [2.05, 4.69) is 20.4 Å². The van der Waals surface area contributed by atoms with Crippen LogP contribution in [0.15, 0.2) is 24.3 Å². The second kappa shape index (κ2) is 9.46. The van der Waals surface area contributed by atoms with Gasteiger partial charge < -0.3 is 15.0 Å². The number of rotatable bonds is 7. The van der Waals surface area contributed by atoms with Gasteiger partial charge in [-0.3, -0.25) is 0 Å². The number of benzene rings is 1. The number of carbonyl (C=O) groups excluding carboxylic acids is 1. The SMILES string of the molecule is COC(=O)c1nn(CCCN(C)C)nc1Nc1ccc(Cl)cc1.Cl. The van der Waals surface area contributed by atoms with Gasteiger partial charge in [-0.2, -0.15) is 4.80 Å². The molecule has 1 aromatic heterocycles. The van der Waals surface area contributed by atoms with Crippen LogP contribution in [-0.2, 0) is 11.3 Å². The maximum Gasteiger partial charge on any atom is 0.362 e.